The highest BCUT2D eigenvalue weighted by Crippen LogP contribution is 2.06. The molecule has 0 radical (unpaired) electrons. The second-order valence-electron chi connectivity index (χ2n) is 4.19. The van der Waals surface area contributed by atoms with Gasteiger partial charge in [0, 0.05) is 32.2 Å². The van der Waals surface area contributed by atoms with Crippen LogP contribution in [0.15, 0.2) is 17.1 Å². The van der Waals surface area contributed by atoms with Crippen molar-refractivity contribution in [3.8, 4) is 0 Å². The van der Waals surface area contributed by atoms with Gasteiger partial charge in [0.05, 0.1) is 6.54 Å². The molecule has 0 aliphatic rings. The van der Waals surface area contributed by atoms with Gasteiger partial charge >= 0.3 is 0 Å². The Morgan fingerprint density at radius 2 is 2.20 bits per heavy atom. The highest BCUT2D eigenvalue weighted by Gasteiger charge is 2.16. The average Bonchev–Trinajstić information content (AvgIpc) is 2.83. The third-order valence-electron chi connectivity index (χ3n) is 2.83. The smallest absolute Gasteiger partial charge is 0.272 e. The molecule has 0 atom stereocenters. The van der Waals surface area contributed by atoms with Crippen molar-refractivity contribution in [2.75, 3.05) is 20.8 Å². The summed E-state index contributed by atoms with van der Waals surface area (Å²) in [5, 5.41) is 5.35. The molecule has 2 N–H and O–H groups in total. The van der Waals surface area contributed by atoms with Crippen LogP contribution in [0.25, 0.3) is 5.65 Å². The van der Waals surface area contributed by atoms with Crippen molar-refractivity contribution in [1.82, 2.24) is 19.9 Å². The molecule has 0 spiro atoms. The molecule has 0 saturated heterocycles. The quantitative estimate of drug-likeness (QED) is 0.731. The number of hydrogen-bond acceptors (Lipinski definition) is 5. The van der Waals surface area contributed by atoms with Gasteiger partial charge < -0.3 is 14.8 Å². The van der Waals surface area contributed by atoms with Gasteiger partial charge in [-0.25, -0.2) is 9.50 Å². The van der Waals surface area contributed by atoms with Crippen molar-refractivity contribution in [3.05, 3.63) is 33.9 Å². The van der Waals surface area contributed by atoms with Gasteiger partial charge in [-0.15, -0.1) is 0 Å². The Balaban J connectivity index is 2.25. The van der Waals surface area contributed by atoms with E-state index in [9.17, 15) is 9.59 Å². The highest BCUT2D eigenvalue weighted by atomic mass is 16.7. The summed E-state index contributed by atoms with van der Waals surface area (Å²) in [5.74, 6) is -0.361. The first-order valence-corrected chi connectivity index (χ1v) is 5.98. The summed E-state index contributed by atoms with van der Waals surface area (Å²) in [5.41, 5.74) is 0.865. The molecule has 0 unspecified atom stereocenters. The van der Waals surface area contributed by atoms with Crippen molar-refractivity contribution >= 4 is 11.6 Å². The van der Waals surface area contributed by atoms with Crippen LogP contribution in [-0.4, -0.2) is 47.6 Å². The number of aromatic amines is 1. The van der Waals surface area contributed by atoms with Gasteiger partial charge in [0.15, 0.2) is 11.9 Å². The SMILES string of the molecule is COC(CNC(=O)c1c[nH]n2c(=O)cc(C)nc12)OC. The Bertz CT molecular complexity index is 672. The number of methoxy groups -OCH3 is 2. The lowest BCUT2D eigenvalue weighted by Gasteiger charge is -2.13. The molecule has 1 amide bonds. The van der Waals surface area contributed by atoms with Crippen LogP contribution < -0.4 is 10.9 Å². The standard InChI is InChI=1S/C12H16N4O4/c1-7-4-9(17)16-11(15-7)8(5-14-16)12(18)13-6-10(19-2)20-3/h4-5,10,14H,6H2,1-3H3,(H,13,18). The summed E-state index contributed by atoms with van der Waals surface area (Å²) in [6.07, 6.45) is 0.911. The topological polar surface area (TPSA) is 97.7 Å². The number of H-pyrrole nitrogens is 1. The molecule has 0 fully saturated rings. The fourth-order valence-corrected chi connectivity index (χ4v) is 1.80. The maximum atomic E-state index is 12.1. The van der Waals surface area contributed by atoms with Crippen molar-refractivity contribution in [2.45, 2.75) is 13.2 Å². The number of carbonyl (C=O) groups is 1. The van der Waals surface area contributed by atoms with Crippen LogP contribution in [-0.2, 0) is 9.47 Å². The maximum Gasteiger partial charge on any atom is 0.272 e. The van der Waals surface area contributed by atoms with Gasteiger partial charge in [-0.1, -0.05) is 0 Å². The Hall–Kier alpha value is -2.19. The van der Waals surface area contributed by atoms with E-state index in [2.05, 4.69) is 15.4 Å². The van der Waals surface area contributed by atoms with Crippen molar-refractivity contribution in [1.29, 1.82) is 0 Å². The summed E-state index contributed by atoms with van der Waals surface area (Å²) >= 11 is 0. The molecule has 0 aliphatic heterocycles. The van der Waals surface area contributed by atoms with Gasteiger partial charge in [-0.05, 0) is 6.92 Å². The predicted octanol–water partition coefficient (Wildman–Crippen LogP) is -0.320. The maximum absolute atomic E-state index is 12.1. The number of hydrogen-bond donors (Lipinski definition) is 2. The predicted molar refractivity (Wildman–Crippen MR) is 70.7 cm³/mol. The largest absolute Gasteiger partial charge is 0.354 e. The van der Waals surface area contributed by atoms with E-state index in [0.717, 1.165) is 0 Å². The summed E-state index contributed by atoms with van der Waals surface area (Å²) < 4.78 is 11.2. The van der Waals surface area contributed by atoms with E-state index in [-0.39, 0.29) is 23.6 Å². The monoisotopic (exact) mass is 280 g/mol. The Morgan fingerprint density at radius 3 is 2.85 bits per heavy atom. The fraction of sp³-hybridized carbons (Fsp3) is 0.417. The lowest BCUT2D eigenvalue weighted by molar-refractivity contribution is -0.0974. The average molecular weight is 280 g/mol. The van der Waals surface area contributed by atoms with Crippen LogP contribution >= 0.6 is 0 Å². The minimum atomic E-state index is -0.526. The zero-order chi connectivity index (χ0) is 14.7. The van der Waals surface area contributed by atoms with E-state index in [0.29, 0.717) is 11.3 Å². The molecule has 8 heteroatoms. The third kappa shape index (κ3) is 2.70. The molecule has 0 aliphatic carbocycles. The fourth-order valence-electron chi connectivity index (χ4n) is 1.80. The first-order chi connectivity index (χ1) is 9.56. The molecule has 20 heavy (non-hydrogen) atoms. The molecule has 108 valence electrons. The molecular formula is C12H16N4O4. The third-order valence-corrected chi connectivity index (χ3v) is 2.83. The van der Waals surface area contributed by atoms with Crippen LogP contribution in [0.2, 0.25) is 0 Å². The van der Waals surface area contributed by atoms with Crippen LogP contribution in [0.4, 0.5) is 0 Å². The minimum Gasteiger partial charge on any atom is -0.354 e. The normalized spacial score (nSPS) is 11.2. The Morgan fingerprint density at radius 1 is 1.50 bits per heavy atom. The molecule has 8 nitrogen and oxygen atoms in total. The number of aryl methyl sites for hydroxylation is 1. The second-order valence-corrected chi connectivity index (χ2v) is 4.19. The van der Waals surface area contributed by atoms with E-state index in [1.54, 1.807) is 6.92 Å². The lowest BCUT2D eigenvalue weighted by atomic mass is 10.3. The van der Waals surface area contributed by atoms with Gasteiger partial charge in [0.25, 0.3) is 11.5 Å². The minimum absolute atomic E-state index is 0.194. The number of nitrogens with zero attached hydrogens (tertiary/aromatic N) is 2. The number of aromatic nitrogens is 3. The van der Waals surface area contributed by atoms with E-state index in [4.69, 9.17) is 9.47 Å². The Kier molecular flexibility index (Phi) is 4.16. The van der Waals surface area contributed by atoms with Crippen LogP contribution in [0.5, 0.6) is 0 Å². The van der Waals surface area contributed by atoms with E-state index in [1.165, 1.54) is 31.0 Å². The van der Waals surface area contributed by atoms with Crippen molar-refractivity contribution in [3.63, 3.8) is 0 Å². The van der Waals surface area contributed by atoms with Crippen LogP contribution in [0.3, 0.4) is 0 Å². The zero-order valence-electron chi connectivity index (χ0n) is 11.5. The first-order valence-electron chi connectivity index (χ1n) is 5.98. The first kappa shape index (κ1) is 14.2. The van der Waals surface area contributed by atoms with E-state index >= 15 is 0 Å². The van der Waals surface area contributed by atoms with Crippen molar-refractivity contribution in [2.24, 2.45) is 0 Å². The Labute approximate surface area is 114 Å². The van der Waals surface area contributed by atoms with Crippen LogP contribution in [0.1, 0.15) is 16.1 Å². The zero-order valence-corrected chi connectivity index (χ0v) is 11.5. The summed E-state index contributed by atoms with van der Waals surface area (Å²) in [4.78, 5) is 28.0. The molecule has 0 saturated carbocycles. The summed E-state index contributed by atoms with van der Waals surface area (Å²) in [7, 11) is 2.97. The van der Waals surface area contributed by atoms with E-state index < -0.39 is 6.29 Å². The van der Waals surface area contributed by atoms with Gasteiger partial charge in [-0.2, -0.15) is 0 Å². The second kappa shape index (κ2) is 5.85. The van der Waals surface area contributed by atoms with Crippen LogP contribution in [0, 0.1) is 6.92 Å². The summed E-state index contributed by atoms with van der Waals surface area (Å²) in [6.45, 7) is 1.89. The number of fused-ring (bicyclic) bond motifs is 1. The number of amides is 1. The highest BCUT2D eigenvalue weighted by molar-refractivity contribution is 5.99. The molecule has 0 aromatic carbocycles. The molecule has 2 aromatic heterocycles. The number of carbonyl (C=O) groups excluding carboxylic acids is 1. The summed E-state index contributed by atoms with van der Waals surface area (Å²) in [6, 6.07) is 1.39. The molecule has 2 aromatic rings. The van der Waals surface area contributed by atoms with E-state index in [1.807, 2.05) is 0 Å². The molecule has 2 heterocycles. The number of rotatable bonds is 5. The molecular weight excluding hydrogens is 264 g/mol. The molecule has 2 rings (SSSR count). The number of nitrogens with one attached hydrogen (secondary N) is 2. The van der Waals surface area contributed by atoms with Gasteiger partial charge in [0.1, 0.15) is 5.56 Å². The number of ether oxygens (including phenoxy) is 2. The van der Waals surface area contributed by atoms with Gasteiger partial charge in [0.2, 0.25) is 0 Å². The molecule has 0 bridgehead atoms. The van der Waals surface area contributed by atoms with Crippen molar-refractivity contribution < 1.29 is 14.3 Å². The van der Waals surface area contributed by atoms with Gasteiger partial charge in [-0.3, -0.25) is 14.7 Å². The lowest BCUT2D eigenvalue weighted by Crippen LogP contribution is -2.34.